The highest BCUT2D eigenvalue weighted by atomic mass is 16.3. The second kappa shape index (κ2) is 8.14. The maximum Gasteiger partial charge on any atom is 0.239 e. The summed E-state index contributed by atoms with van der Waals surface area (Å²) < 4.78 is 7.41. The normalized spacial score (nSPS) is 16.3. The monoisotopic (exact) mass is 395 g/mol. The summed E-state index contributed by atoms with van der Waals surface area (Å²) in [5.41, 5.74) is 1.83. The molecule has 1 unspecified atom stereocenters. The Hall–Kier alpha value is -3.04. The fourth-order valence-corrected chi connectivity index (χ4v) is 3.39. The molecule has 9 nitrogen and oxygen atoms in total. The Morgan fingerprint density at radius 1 is 1.28 bits per heavy atom. The van der Waals surface area contributed by atoms with Gasteiger partial charge in [0, 0.05) is 24.3 Å². The highest BCUT2D eigenvalue weighted by Gasteiger charge is 2.17. The van der Waals surface area contributed by atoms with Gasteiger partial charge in [0.05, 0.1) is 12.2 Å². The SMILES string of the molecule is Cc1cc(C)n(-c2cc(NC(=O)CNC3CCNC3)nc(-c3ccc(C)o3)n2)n1. The molecule has 1 atom stereocenters. The van der Waals surface area contributed by atoms with Crippen LogP contribution in [0.1, 0.15) is 23.6 Å². The molecule has 3 aromatic heterocycles. The molecule has 1 amide bonds. The third kappa shape index (κ3) is 4.52. The van der Waals surface area contributed by atoms with Crippen molar-refractivity contribution in [3.05, 3.63) is 41.4 Å². The molecule has 4 rings (SSSR count). The largest absolute Gasteiger partial charge is 0.458 e. The molecule has 3 aromatic rings. The van der Waals surface area contributed by atoms with Crippen molar-refractivity contribution in [1.29, 1.82) is 0 Å². The average Bonchev–Trinajstić information content (AvgIpc) is 3.41. The van der Waals surface area contributed by atoms with E-state index < -0.39 is 0 Å². The van der Waals surface area contributed by atoms with E-state index in [0.29, 0.717) is 29.3 Å². The number of anilines is 1. The van der Waals surface area contributed by atoms with E-state index in [1.165, 1.54) is 0 Å². The quantitative estimate of drug-likeness (QED) is 0.583. The second-order valence-corrected chi connectivity index (χ2v) is 7.30. The van der Waals surface area contributed by atoms with Crippen molar-refractivity contribution < 1.29 is 9.21 Å². The number of aromatic nitrogens is 4. The van der Waals surface area contributed by atoms with E-state index in [4.69, 9.17) is 4.42 Å². The first kappa shape index (κ1) is 19.3. The van der Waals surface area contributed by atoms with E-state index in [0.717, 1.165) is 36.7 Å². The second-order valence-electron chi connectivity index (χ2n) is 7.30. The zero-order valence-electron chi connectivity index (χ0n) is 16.8. The lowest BCUT2D eigenvalue weighted by atomic mass is 10.2. The van der Waals surface area contributed by atoms with Crippen molar-refractivity contribution in [3.8, 4) is 17.4 Å². The lowest BCUT2D eigenvalue weighted by molar-refractivity contribution is -0.115. The Morgan fingerprint density at radius 2 is 2.14 bits per heavy atom. The third-order valence-electron chi connectivity index (χ3n) is 4.78. The van der Waals surface area contributed by atoms with Crippen LogP contribution >= 0.6 is 0 Å². The summed E-state index contributed by atoms with van der Waals surface area (Å²) in [6.07, 6.45) is 1.02. The van der Waals surface area contributed by atoms with Gasteiger partial charge in [-0.25, -0.2) is 14.6 Å². The Kier molecular flexibility index (Phi) is 5.41. The summed E-state index contributed by atoms with van der Waals surface area (Å²) in [6, 6.07) is 7.67. The van der Waals surface area contributed by atoms with E-state index >= 15 is 0 Å². The van der Waals surface area contributed by atoms with E-state index in [2.05, 4.69) is 31.0 Å². The average molecular weight is 395 g/mol. The number of carbonyl (C=O) groups excluding carboxylic acids is 1. The number of hydrogen-bond acceptors (Lipinski definition) is 7. The Balaban J connectivity index is 1.60. The van der Waals surface area contributed by atoms with Gasteiger partial charge >= 0.3 is 0 Å². The lowest BCUT2D eigenvalue weighted by Gasteiger charge is -2.12. The van der Waals surface area contributed by atoms with Crippen LogP contribution in [0.4, 0.5) is 5.82 Å². The molecule has 0 aromatic carbocycles. The van der Waals surface area contributed by atoms with Gasteiger partial charge in [0.15, 0.2) is 17.4 Å². The molecule has 1 saturated heterocycles. The van der Waals surface area contributed by atoms with Crippen LogP contribution in [0.25, 0.3) is 17.4 Å². The smallest absolute Gasteiger partial charge is 0.239 e. The van der Waals surface area contributed by atoms with Crippen LogP contribution in [-0.2, 0) is 4.79 Å². The van der Waals surface area contributed by atoms with Gasteiger partial charge in [-0.05, 0) is 51.9 Å². The predicted molar refractivity (Wildman–Crippen MR) is 109 cm³/mol. The van der Waals surface area contributed by atoms with Crippen molar-refractivity contribution in [2.75, 3.05) is 25.0 Å². The third-order valence-corrected chi connectivity index (χ3v) is 4.78. The number of rotatable bonds is 6. The molecule has 0 saturated carbocycles. The Morgan fingerprint density at radius 3 is 2.79 bits per heavy atom. The molecule has 0 spiro atoms. The van der Waals surface area contributed by atoms with Gasteiger partial charge in [-0.2, -0.15) is 5.10 Å². The number of nitrogens with zero attached hydrogens (tertiary/aromatic N) is 4. The van der Waals surface area contributed by atoms with E-state index in [9.17, 15) is 4.79 Å². The maximum absolute atomic E-state index is 12.4. The zero-order chi connectivity index (χ0) is 20.4. The van der Waals surface area contributed by atoms with E-state index in [1.54, 1.807) is 10.7 Å². The number of nitrogens with one attached hydrogen (secondary N) is 3. The lowest BCUT2D eigenvalue weighted by Crippen LogP contribution is -2.37. The minimum absolute atomic E-state index is 0.156. The molecular weight excluding hydrogens is 370 g/mol. The number of hydrogen-bond donors (Lipinski definition) is 3. The molecule has 29 heavy (non-hydrogen) atoms. The maximum atomic E-state index is 12.4. The molecule has 0 aliphatic carbocycles. The van der Waals surface area contributed by atoms with Crippen LogP contribution in [0.15, 0.2) is 28.7 Å². The molecule has 1 aliphatic rings. The summed E-state index contributed by atoms with van der Waals surface area (Å²) in [6.45, 7) is 7.82. The number of carbonyl (C=O) groups is 1. The molecular formula is C20H25N7O2. The number of amides is 1. The van der Waals surface area contributed by atoms with Gasteiger partial charge < -0.3 is 20.4 Å². The fraction of sp³-hybridized carbons (Fsp3) is 0.400. The highest BCUT2D eigenvalue weighted by Crippen LogP contribution is 2.22. The first-order valence-corrected chi connectivity index (χ1v) is 9.71. The molecule has 4 heterocycles. The summed E-state index contributed by atoms with van der Waals surface area (Å²) in [4.78, 5) is 21.5. The minimum atomic E-state index is -0.156. The van der Waals surface area contributed by atoms with Crippen LogP contribution in [-0.4, -0.2) is 51.3 Å². The van der Waals surface area contributed by atoms with E-state index in [1.807, 2.05) is 39.0 Å². The number of aryl methyl sites for hydroxylation is 3. The Bertz CT molecular complexity index is 1020. The van der Waals surface area contributed by atoms with Crippen molar-refractivity contribution >= 4 is 11.7 Å². The molecule has 1 aliphatic heterocycles. The molecule has 1 fully saturated rings. The van der Waals surface area contributed by atoms with Crippen LogP contribution in [0, 0.1) is 20.8 Å². The predicted octanol–water partition coefficient (Wildman–Crippen LogP) is 1.74. The van der Waals surface area contributed by atoms with Crippen LogP contribution in [0.2, 0.25) is 0 Å². The first-order chi connectivity index (χ1) is 14.0. The molecule has 9 heteroatoms. The van der Waals surface area contributed by atoms with Gasteiger partial charge in [-0.15, -0.1) is 0 Å². The van der Waals surface area contributed by atoms with Crippen molar-refractivity contribution in [1.82, 2.24) is 30.4 Å². The molecule has 0 bridgehead atoms. The van der Waals surface area contributed by atoms with Crippen LogP contribution < -0.4 is 16.0 Å². The highest BCUT2D eigenvalue weighted by molar-refractivity contribution is 5.91. The minimum Gasteiger partial charge on any atom is -0.458 e. The molecule has 152 valence electrons. The summed E-state index contributed by atoms with van der Waals surface area (Å²) in [7, 11) is 0. The van der Waals surface area contributed by atoms with Gasteiger partial charge in [0.1, 0.15) is 11.6 Å². The van der Waals surface area contributed by atoms with Crippen molar-refractivity contribution in [2.45, 2.75) is 33.2 Å². The zero-order valence-corrected chi connectivity index (χ0v) is 16.8. The van der Waals surface area contributed by atoms with Gasteiger partial charge in [-0.3, -0.25) is 4.79 Å². The molecule has 3 N–H and O–H groups in total. The van der Waals surface area contributed by atoms with Crippen molar-refractivity contribution in [3.63, 3.8) is 0 Å². The number of furan rings is 1. The topological polar surface area (TPSA) is 110 Å². The summed E-state index contributed by atoms with van der Waals surface area (Å²) in [5, 5.41) is 13.9. The fourth-order valence-electron chi connectivity index (χ4n) is 3.39. The van der Waals surface area contributed by atoms with Gasteiger partial charge in [0.25, 0.3) is 0 Å². The molecule has 0 radical (unpaired) electrons. The standard InChI is InChI=1S/C20H25N7O2/c1-12-8-13(2)27(26-12)18-9-17(23-19(28)11-22-15-6-7-21-10-15)24-20(25-18)16-5-4-14(3)29-16/h4-5,8-9,15,21-22H,6-7,10-11H2,1-3H3,(H,23,24,25,28). The van der Waals surface area contributed by atoms with E-state index in [-0.39, 0.29) is 12.5 Å². The summed E-state index contributed by atoms with van der Waals surface area (Å²) >= 11 is 0. The first-order valence-electron chi connectivity index (χ1n) is 9.71. The van der Waals surface area contributed by atoms with Crippen molar-refractivity contribution in [2.24, 2.45) is 0 Å². The van der Waals surface area contributed by atoms with Gasteiger partial charge in [0.2, 0.25) is 5.91 Å². The van der Waals surface area contributed by atoms with Crippen LogP contribution in [0.3, 0.4) is 0 Å². The Labute approximate surface area is 168 Å². The summed E-state index contributed by atoms with van der Waals surface area (Å²) in [5.74, 6) is 2.51. The van der Waals surface area contributed by atoms with Crippen LogP contribution in [0.5, 0.6) is 0 Å². The van der Waals surface area contributed by atoms with Gasteiger partial charge in [-0.1, -0.05) is 0 Å².